The van der Waals surface area contributed by atoms with Crippen molar-refractivity contribution >= 4 is 39.7 Å². The summed E-state index contributed by atoms with van der Waals surface area (Å²) >= 11 is 2.09. The van der Waals surface area contributed by atoms with E-state index in [9.17, 15) is 4.39 Å². The minimum Gasteiger partial charge on any atom is -0.376 e. The van der Waals surface area contributed by atoms with Crippen molar-refractivity contribution in [3.05, 3.63) is 51.9 Å². The van der Waals surface area contributed by atoms with Crippen molar-refractivity contribution in [3.63, 3.8) is 0 Å². The lowest BCUT2D eigenvalue weighted by molar-refractivity contribution is 0.631. The van der Waals surface area contributed by atoms with Gasteiger partial charge in [0.1, 0.15) is 5.82 Å². The van der Waals surface area contributed by atoms with Crippen molar-refractivity contribution in [2.75, 3.05) is 24.3 Å². The molecule has 0 aliphatic rings. The molecule has 1 N–H and O–H groups in total. The molecule has 0 aliphatic carbocycles. The first kappa shape index (κ1) is 13.1. The van der Waals surface area contributed by atoms with E-state index in [-0.39, 0.29) is 5.82 Å². The van der Waals surface area contributed by atoms with Crippen molar-refractivity contribution in [3.8, 4) is 0 Å². The molecule has 0 amide bonds. The SMILES string of the molecule is CN(C)c1ccccc1Nc1ccc(I)cc1F. The van der Waals surface area contributed by atoms with Gasteiger partial charge in [0.15, 0.2) is 0 Å². The van der Waals surface area contributed by atoms with Crippen LogP contribution in [-0.4, -0.2) is 14.1 Å². The maximum Gasteiger partial charge on any atom is 0.147 e. The molecule has 94 valence electrons. The van der Waals surface area contributed by atoms with Gasteiger partial charge in [-0.2, -0.15) is 0 Å². The molecule has 0 atom stereocenters. The largest absolute Gasteiger partial charge is 0.376 e. The van der Waals surface area contributed by atoms with E-state index in [1.54, 1.807) is 6.07 Å². The highest BCUT2D eigenvalue weighted by atomic mass is 127. The molecule has 0 fully saturated rings. The number of rotatable bonds is 3. The molecule has 2 aromatic carbocycles. The Labute approximate surface area is 120 Å². The highest BCUT2D eigenvalue weighted by Gasteiger charge is 2.07. The molecule has 0 spiro atoms. The van der Waals surface area contributed by atoms with Crippen LogP contribution in [0.1, 0.15) is 0 Å². The molecule has 0 saturated heterocycles. The average Bonchev–Trinajstić information content (AvgIpc) is 2.33. The fourth-order valence-corrected chi connectivity index (χ4v) is 2.16. The van der Waals surface area contributed by atoms with Gasteiger partial charge in [-0.3, -0.25) is 0 Å². The van der Waals surface area contributed by atoms with Crippen molar-refractivity contribution < 1.29 is 4.39 Å². The van der Waals surface area contributed by atoms with Crippen LogP contribution in [0.4, 0.5) is 21.5 Å². The van der Waals surface area contributed by atoms with Crippen LogP contribution in [0.5, 0.6) is 0 Å². The summed E-state index contributed by atoms with van der Waals surface area (Å²) in [4.78, 5) is 1.99. The molecule has 0 aliphatic heterocycles. The zero-order valence-corrected chi connectivity index (χ0v) is 12.4. The van der Waals surface area contributed by atoms with Gasteiger partial charge >= 0.3 is 0 Å². The first-order valence-electron chi connectivity index (χ1n) is 5.56. The fraction of sp³-hybridized carbons (Fsp3) is 0.143. The predicted octanol–water partition coefficient (Wildman–Crippen LogP) is 4.24. The summed E-state index contributed by atoms with van der Waals surface area (Å²) in [5.74, 6) is -0.240. The lowest BCUT2D eigenvalue weighted by atomic mass is 10.2. The van der Waals surface area contributed by atoms with Crippen LogP contribution in [-0.2, 0) is 0 Å². The molecule has 0 bridgehead atoms. The maximum absolute atomic E-state index is 13.8. The molecule has 0 unspecified atom stereocenters. The minimum absolute atomic E-state index is 0.240. The quantitative estimate of drug-likeness (QED) is 0.828. The summed E-state index contributed by atoms with van der Waals surface area (Å²) < 4.78 is 14.7. The van der Waals surface area contributed by atoms with Gasteiger partial charge in [-0.05, 0) is 52.9 Å². The minimum atomic E-state index is -0.240. The average molecular weight is 356 g/mol. The third-order valence-electron chi connectivity index (χ3n) is 2.59. The molecule has 2 nitrogen and oxygen atoms in total. The number of hydrogen-bond acceptors (Lipinski definition) is 2. The van der Waals surface area contributed by atoms with Gasteiger partial charge in [-0.25, -0.2) is 4.39 Å². The highest BCUT2D eigenvalue weighted by Crippen LogP contribution is 2.28. The summed E-state index contributed by atoms with van der Waals surface area (Å²) in [6.45, 7) is 0. The zero-order chi connectivity index (χ0) is 13.1. The Morgan fingerprint density at radius 3 is 2.44 bits per heavy atom. The first-order chi connectivity index (χ1) is 8.58. The van der Waals surface area contributed by atoms with Gasteiger partial charge in [-0.1, -0.05) is 12.1 Å². The van der Waals surface area contributed by atoms with E-state index in [0.717, 1.165) is 14.9 Å². The lowest BCUT2D eigenvalue weighted by Crippen LogP contribution is -2.11. The van der Waals surface area contributed by atoms with E-state index < -0.39 is 0 Å². The van der Waals surface area contributed by atoms with Crippen LogP contribution >= 0.6 is 22.6 Å². The standard InChI is InChI=1S/C14H14FIN2/c1-18(2)14-6-4-3-5-13(14)17-12-8-7-10(16)9-11(12)15/h3-9,17H,1-2H3. The molecule has 4 heteroatoms. The van der Waals surface area contributed by atoms with Crippen LogP contribution in [0.25, 0.3) is 0 Å². The lowest BCUT2D eigenvalue weighted by Gasteiger charge is -2.18. The second-order valence-electron chi connectivity index (χ2n) is 4.16. The number of anilines is 3. The van der Waals surface area contributed by atoms with Gasteiger partial charge in [0.2, 0.25) is 0 Å². The second kappa shape index (κ2) is 5.56. The Bertz CT molecular complexity index is 555. The number of halogens is 2. The van der Waals surface area contributed by atoms with E-state index in [4.69, 9.17) is 0 Å². The van der Waals surface area contributed by atoms with E-state index in [1.165, 1.54) is 6.07 Å². The van der Waals surface area contributed by atoms with Gasteiger partial charge in [0.05, 0.1) is 17.1 Å². The summed E-state index contributed by atoms with van der Waals surface area (Å²) in [5.41, 5.74) is 2.41. The topological polar surface area (TPSA) is 15.3 Å². The van der Waals surface area contributed by atoms with E-state index >= 15 is 0 Å². The molecule has 18 heavy (non-hydrogen) atoms. The predicted molar refractivity (Wildman–Crippen MR) is 83.2 cm³/mol. The fourth-order valence-electron chi connectivity index (χ4n) is 1.71. The summed E-state index contributed by atoms with van der Waals surface area (Å²) in [7, 11) is 3.93. The number of hydrogen-bond donors (Lipinski definition) is 1. The van der Waals surface area contributed by atoms with E-state index in [1.807, 2.05) is 49.3 Å². The Morgan fingerprint density at radius 1 is 1.06 bits per heavy atom. The third-order valence-corrected chi connectivity index (χ3v) is 3.26. The Hall–Kier alpha value is -1.30. The van der Waals surface area contributed by atoms with E-state index in [2.05, 4.69) is 27.9 Å². The Morgan fingerprint density at radius 2 is 1.78 bits per heavy atom. The number of benzene rings is 2. The maximum atomic E-state index is 13.8. The van der Waals surface area contributed by atoms with Crippen LogP contribution in [0, 0.1) is 9.39 Å². The van der Waals surface area contributed by atoms with Crippen LogP contribution in [0.3, 0.4) is 0 Å². The smallest absolute Gasteiger partial charge is 0.147 e. The number of nitrogens with one attached hydrogen (secondary N) is 1. The van der Waals surface area contributed by atoms with Crippen LogP contribution in [0.15, 0.2) is 42.5 Å². The van der Waals surface area contributed by atoms with Crippen molar-refractivity contribution in [1.29, 1.82) is 0 Å². The van der Waals surface area contributed by atoms with Gasteiger partial charge in [0.25, 0.3) is 0 Å². The van der Waals surface area contributed by atoms with Crippen LogP contribution in [0.2, 0.25) is 0 Å². The molecule has 0 heterocycles. The summed E-state index contributed by atoms with van der Waals surface area (Å²) in [6, 6.07) is 13.0. The van der Waals surface area contributed by atoms with Crippen molar-refractivity contribution in [2.45, 2.75) is 0 Å². The first-order valence-corrected chi connectivity index (χ1v) is 6.64. The molecule has 0 saturated carbocycles. The molecular formula is C14H14FIN2. The molecule has 0 aromatic heterocycles. The molecule has 2 rings (SSSR count). The second-order valence-corrected chi connectivity index (χ2v) is 5.41. The normalized spacial score (nSPS) is 10.2. The Balaban J connectivity index is 2.34. The molecule has 0 radical (unpaired) electrons. The van der Waals surface area contributed by atoms with Gasteiger partial charge < -0.3 is 10.2 Å². The third kappa shape index (κ3) is 2.93. The monoisotopic (exact) mass is 356 g/mol. The number of nitrogens with zero attached hydrogens (tertiary/aromatic N) is 1. The molecule has 2 aromatic rings. The Kier molecular flexibility index (Phi) is 4.06. The summed E-state index contributed by atoms with van der Waals surface area (Å²) in [6.07, 6.45) is 0. The van der Waals surface area contributed by atoms with Crippen molar-refractivity contribution in [1.82, 2.24) is 0 Å². The van der Waals surface area contributed by atoms with Crippen LogP contribution < -0.4 is 10.2 Å². The zero-order valence-electron chi connectivity index (χ0n) is 10.2. The van der Waals surface area contributed by atoms with Crippen molar-refractivity contribution in [2.24, 2.45) is 0 Å². The molecular weight excluding hydrogens is 342 g/mol. The van der Waals surface area contributed by atoms with E-state index in [0.29, 0.717) is 5.69 Å². The van der Waals surface area contributed by atoms with Gasteiger partial charge in [0, 0.05) is 17.7 Å². The summed E-state index contributed by atoms with van der Waals surface area (Å²) in [5, 5.41) is 3.13. The number of para-hydroxylation sites is 2. The highest BCUT2D eigenvalue weighted by molar-refractivity contribution is 14.1. The van der Waals surface area contributed by atoms with Gasteiger partial charge in [-0.15, -0.1) is 0 Å².